The molecule has 0 saturated carbocycles. The summed E-state index contributed by atoms with van der Waals surface area (Å²) in [6, 6.07) is 6.61. The zero-order chi connectivity index (χ0) is 13.1. The van der Waals surface area contributed by atoms with Crippen LogP contribution in [0.1, 0.15) is 22.7 Å². The van der Waals surface area contributed by atoms with Gasteiger partial charge in [0, 0.05) is 16.8 Å². The van der Waals surface area contributed by atoms with Crippen LogP contribution in [0, 0.1) is 12.7 Å². The van der Waals surface area contributed by atoms with Crippen LogP contribution in [-0.4, -0.2) is 4.98 Å². The van der Waals surface area contributed by atoms with E-state index in [0.717, 1.165) is 11.1 Å². The van der Waals surface area contributed by atoms with E-state index in [2.05, 4.69) is 10.4 Å². The largest absolute Gasteiger partial charge is 0.271 e. The number of benzene rings is 1. The Balaban J connectivity index is 2.53. The Hall–Kier alpha value is -1.49. The van der Waals surface area contributed by atoms with Crippen molar-refractivity contribution < 1.29 is 4.39 Å². The monoisotopic (exact) mass is 265 g/mol. The summed E-state index contributed by atoms with van der Waals surface area (Å²) >= 11 is 6.07. The van der Waals surface area contributed by atoms with Crippen molar-refractivity contribution >= 4 is 11.6 Å². The number of hydrogen-bond donors (Lipinski definition) is 2. The number of hydrazine groups is 1. The van der Waals surface area contributed by atoms with Crippen molar-refractivity contribution in [2.45, 2.75) is 13.0 Å². The van der Waals surface area contributed by atoms with Gasteiger partial charge >= 0.3 is 0 Å². The van der Waals surface area contributed by atoms with Crippen LogP contribution in [0.5, 0.6) is 0 Å². The minimum absolute atomic E-state index is 0.403. The predicted octanol–water partition coefficient (Wildman–Crippen LogP) is 2.74. The number of rotatable bonds is 3. The Morgan fingerprint density at radius 1 is 1.33 bits per heavy atom. The summed E-state index contributed by atoms with van der Waals surface area (Å²) in [5, 5.41) is 0.627. The van der Waals surface area contributed by atoms with Crippen molar-refractivity contribution in [3.63, 3.8) is 0 Å². The fraction of sp³-hybridized carbons (Fsp3) is 0.154. The number of nitrogens with two attached hydrogens (primary N) is 1. The first-order chi connectivity index (χ1) is 8.65. The van der Waals surface area contributed by atoms with Crippen molar-refractivity contribution in [1.82, 2.24) is 10.4 Å². The summed E-state index contributed by atoms with van der Waals surface area (Å²) in [6.07, 6.45) is 2.70. The van der Waals surface area contributed by atoms with Crippen molar-refractivity contribution in [2.24, 2.45) is 5.84 Å². The molecule has 2 rings (SSSR count). The molecule has 0 spiro atoms. The van der Waals surface area contributed by atoms with Crippen LogP contribution < -0.4 is 11.3 Å². The van der Waals surface area contributed by atoms with Crippen molar-refractivity contribution in [2.75, 3.05) is 0 Å². The highest BCUT2D eigenvalue weighted by Gasteiger charge is 2.19. The van der Waals surface area contributed by atoms with Gasteiger partial charge in [0.1, 0.15) is 5.82 Å². The average molecular weight is 266 g/mol. The molecule has 1 unspecified atom stereocenters. The molecule has 0 bridgehead atoms. The molecule has 94 valence electrons. The Morgan fingerprint density at radius 2 is 2.11 bits per heavy atom. The Labute approximate surface area is 110 Å². The highest BCUT2D eigenvalue weighted by Crippen LogP contribution is 2.29. The van der Waals surface area contributed by atoms with E-state index < -0.39 is 11.9 Å². The van der Waals surface area contributed by atoms with Crippen molar-refractivity contribution in [3.8, 4) is 0 Å². The molecule has 1 aromatic heterocycles. The van der Waals surface area contributed by atoms with Crippen molar-refractivity contribution in [1.29, 1.82) is 0 Å². The number of hydrogen-bond acceptors (Lipinski definition) is 3. The molecule has 0 fully saturated rings. The topological polar surface area (TPSA) is 50.9 Å². The lowest BCUT2D eigenvalue weighted by Gasteiger charge is -2.19. The highest BCUT2D eigenvalue weighted by atomic mass is 35.5. The first-order valence-corrected chi connectivity index (χ1v) is 5.83. The number of nitrogens with zero attached hydrogens (tertiary/aromatic N) is 1. The van der Waals surface area contributed by atoms with Gasteiger partial charge in [-0.15, -0.1) is 0 Å². The molecule has 2 aromatic rings. The van der Waals surface area contributed by atoms with Gasteiger partial charge < -0.3 is 0 Å². The Bertz CT molecular complexity index is 560. The number of aromatic nitrogens is 1. The highest BCUT2D eigenvalue weighted by molar-refractivity contribution is 6.31. The Kier molecular flexibility index (Phi) is 3.91. The van der Waals surface area contributed by atoms with Crippen LogP contribution >= 0.6 is 11.6 Å². The zero-order valence-corrected chi connectivity index (χ0v) is 10.6. The maximum absolute atomic E-state index is 13.8. The lowest BCUT2D eigenvalue weighted by molar-refractivity contribution is 0.554. The quantitative estimate of drug-likeness (QED) is 0.663. The zero-order valence-electron chi connectivity index (χ0n) is 9.82. The molecule has 1 atom stereocenters. The third kappa shape index (κ3) is 2.36. The van der Waals surface area contributed by atoms with Gasteiger partial charge in [-0.05, 0) is 30.2 Å². The molecule has 18 heavy (non-hydrogen) atoms. The molecule has 1 heterocycles. The van der Waals surface area contributed by atoms with Gasteiger partial charge in [0.15, 0.2) is 0 Å². The minimum atomic E-state index is -0.452. The Morgan fingerprint density at radius 3 is 2.78 bits per heavy atom. The van der Waals surface area contributed by atoms with E-state index >= 15 is 0 Å². The summed E-state index contributed by atoms with van der Waals surface area (Å²) in [6.45, 7) is 1.88. The van der Waals surface area contributed by atoms with E-state index in [9.17, 15) is 4.39 Å². The number of halogens is 2. The van der Waals surface area contributed by atoms with Gasteiger partial charge in [0.2, 0.25) is 0 Å². The van der Waals surface area contributed by atoms with E-state index in [4.69, 9.17) is 17.4 Å². The maximum atomic E-state index is 13.8. The summed E-state index contributed by atoms with van der Waals surface area (Å²) in [5.74, 6) is 5.14. The molecule has 3 N–H and O–H groups in total. The summed E-state index contributed by atoms with van der Waals surface area (Å²) in [7, 11) is 0. The molecule has 0 radical (unpaired) electrons. The van der Waals surface area contributed by atoms with E-state index in [-0.39, 0.29) is 0 Å². The maximum Gasteiger partial charge on any atom is 0.146 e. The fourth-order valence-electron chi connectivity index (χ4n) is 1.90. The predicted molar refractivity (Wildman–Crippen MR) is 69.6 cm³/mol. The van der Waals surface area contributed by atoms with Gasteiger partial charge in [0.25, 0.3) is 0 Å². The number of nitrogens with one attached hydrogen (secondary N) is 1. The molecule has 0 aliphatic rings. The van der Waals surface area contributed by atoms with Crippen LogP contribution in [0.3, 0.4) is 0 Å². The van der Waals surface area contributed by atoms with Crippen LogP contribution in [0.15, 0.2) is 36.7 Å². The van der Waals surface area contributed by atoms with E-state index in [1.54, 1.807) is 12.1 Å². The average Bonchev–Trinajstić information content (AvgIpc) is 2.37. The second-order valence-electron chi connectivity index (χ2n) is 3.95. The van der Waals surface area contributed by atoms with Gasteiger partial charge in [-0.3, -0.25) is 10.8 Å². The lowest BCUT2D eigenvalue weighted by Crippen LogP contribution is -2.30. The molecule has 0 aliphatic carbocycles. The smallest absolute Gasteiger partial charge is 0.146 e. The normalized spacial score (nSPS) is 12.4. The first kappa shape index (κ1) is 13.0. The van der Waals surface area contributed by atoms with Gasteiger partial charge in [-0.1, -0.05) is 23.7 Å². The molecule has 0 aliphatic heterocycles. The molecule has 1 aromatic carbocycles. The molecule has 3 nitrogen and oxygen atoms in total. The molecule has 0 amide bonds. The first-order valence-electron chi connectivity index (χ1n) is 5.45. The van der Waals surface area contributed by atoms with Crippen LogP contribution in [-0.2, 0) is 0 Å². The molecular weight excluding hydrogens is 253 g/mol. The SMILES string of the molecule is Cc1c(Cl)cccc1C(NN)c1ccncc1F. The lowest BCUT2D eigenvalue weighted by atomic mass is 9.96. The van der Waals surface area contributed by atoms with E-state index in [1.165, 1.54) is 12.4 Å². The molecule has 0 saturated heterocycles. The molecular formula is C13H13ClFN3. The second-order valence-corrected chi connectivity index (χ2v) is 4.36. The van der Waals surface area contributed by atoms with Crippen molar-refractivity contribution in [3.05, 3.63) is 64.2 Å². The number of pyridine rings is 1. The summed E-state index contributed by atoms with van der Waals surface area (Å²) in [4.78, 5) is 3.73. The third-order valence-corrected chi connectivity index (χ3v) is 3.31. The third-order valence-electron chi connectivity index (χ3n) is 2.90. The van der Waals surface area contributed by atoms with Crippen LogP contribution in [0.4, 0.5) is 4.39 Å². The van der Waals surface area contributed by atoms with Crippen LogP contribution in [0.25, 0.3) is 0 Å². The fourth-order valence-corrected chi connectivity index (χ4v) is 2.09. The minimum Gasteiger partial charge on any atom is -0.271 e. The van der Waals surface area contributed by atoms with Gasteiger partial charge in [-0.2, -0.15) is 0 Å². The second kappa shape index (κ2) is 5.44. The standard InChI is InChI=1S/C13H13ClFN3/c1-8-9(3-2-4-11(8)14)13(18-16)10-5-6-17-7-12(10)15/h2-7,13,18H,16H2,1H3. The molecule has 5 heteroatoms. The summed E-state index contributed by atoms with van der Waals surface area (Å²) in [5.41, 5.74) is 4.78. The summed E-state index contributed by atoms with van der Waals surface area (Å²) < 4.78 is 13.8. The van der Waals surface area contributed by atoms with E-state index in [0.29, 0.717) is 10.6 Å². The van der Waals surface area contributed by atoms with E-state index in [1.807, 2.05) is 19.1 Å². The van der Waals surface area contributed by atoms with Gasteiger partial charge in [0.05, 0.1) is 12.2 Å². The van der Waals surface area contributed by atoms with Crippen LogP contribution in [0.2, 0.25) is 5.02 Å². The van der Waals surface area contributed by atoms with Gasteiger partial charge in [-0.25, -0.2) is 9.82 Å².